The minimum atomic E-state index is -3.72. The first kappa shape index (κ1) is 14.1. The van der Waals surface area contributed by atoms with Gasteiger partial charge in [0.1, 0.15) is 11.1 Å². The van der Waals surface area contributed by atoms with Crippen molar-refractivity contribution in [1.29, 1.82) is 5.26 Å². The number of nitrogens with zero attached hydrogens (tertiary/aromatic N) is 2. The number of H-pyrrole nitrogens is 1. The summed E-state index contributed by atoms with van der Waals surface area (Å²) >= 11 is 1.38. The fraction of sp³-hybridized carbons (Fsp3) is 0.385. The summed E-state index contributed by atoms with van der Waals surface area (Å²) in [5, 5.41) is 15.9. The number of hydrogen-bond donors (Lipinski definition) is 2. The van der Waals surface area contributed by atoms with Crippen LogP contribution in [0.5, 0.6) is 0 Å². The van der Waals surface area contributed by atoms with E-state index in [-0.39, 0.29) is 5.03 Å². The minimum absolute atomic E-state index is 0.00464. The van der Waals surface area contributed by atoms with Gasteiger partial charge in [0.2, 0.25) is 0 Å². The van der Waals surface area contributed by atoms with Gasteiger partial charge in [-0.2, -0.15) is 18.8 Å². The number of nitriles is 1. The third-order valence-corrected chi connectivity index (χ3v) is 6.14. The molecule has 6 nitrogen and oxygen atoms in total. The lowest BCUT2D eigenvalue weighted by Gasteiger charge is -2.04. The van der Waals surface area contributed by atoms with E-state index in [1.54, 1.807) is 0 Å². The van der Waals surface area contributed by atoms with Crippen LogP contribution in [-0.4, -0.2) is 18.6 Å². The van der Waals surface area contributed by atoms with E-state index in [1.807, 2.05) is 0 Å². The SMILES string of the molecule is N#Cc1c(NS(=O)(=O)c2ccn[nH]2)sc2c1CCCCC2. The van der Waals surface area contributed by atoms with E-state index in [0.29, 0.717) is 10.6 Å². The van der Waals surface area contributed by atoms with Crippen molar-refractivity contribution in [2.75, 3.05) is 4.72 Å². The third-order valence-electron chi connectivity index (χ3n) is 3.52. The standard InChI is InChI=1S/C13H14N4O2S2/c14-8-10-9-4-2-1-3-5-11(9)20-13(10)17-21(18,19)12-6-7-15-16-12/h6-7,17H,1-5H2,(H,15,16). The molecule has 0 radical (unpaired) electrons. The van der Waals surface area contributed by atoms with Crippen molar-refractivity contribution in [2.45, 2.75) is 37.1 Å². The molecule has 0 amide bonds. The summed E-state index contributed by atoms with van der Waals surface area (Å²) in [5.74, 6) is 0. The molecule has 0 aromatic carbocycles. The van der Waals surface area contributed by atoms with Crippen LogP contribution in [0.1, 0.15) is 35.3 Å². The Labute approximate surface area is 126 Å². The predicted molar refractivity (Wildman–Crippen MR) is 79.7 cm³/mol. The number of rotatable bonds is 3. The molecule has 3 rings (SSSR count). The number of fused-ring (bicyclic) bond motifs is 1. The maximum absolute atomic E-state index is 12.2. The van der Waals surface area contributed by atoms with Crippen molar-refractivity contribution in [2.24, 2.45) is 0 Å². The van der Waals surface area contributed by atoms with Gasteiger partial charge in [0.15, 0.2) is 5.03 Å². The number of anilines is 1. The number of nitrogens with one attached hydrogen (secondary N) is 2. The first-order chi connectivity index (χ1) is 10.1. The lowest BCUT2D eigenvalue weighted by molar-refractivity contribution is 0.597. The average Bonchev–Trinajstić information content (AvgIpc) is 3.03. The van der Waals surface area contributed by atoms with Gasteiger partial charge in [0.25, 0.3) is 10.0 Å². The fourth-order valence-corrected chi connectivity index (χ4v) is 4.96. The summed E-state index contributed by atoms with van der Waals surface area (Å²) in [6.07, 6.45) is 6.43. The maximum Gasteiger partial charge on any atom is 0.279 e. The Morgan fingerprint density at radius 2 is 2.14 bits per heavy atom. The molecule has 0 spiro atoms. The van der Waals surface area contributed by atoms with Gasteiger partial charge in [0, 0.05) is 4.88 Å². The van der Waals surface area contributed by atoms with Crippen molar-refractivity contribution in [3.8, 4) is 6.07 Å². The van der Waals surface area contributed by atoms with E-state index in [0.717, 1.165) is 42.5 Å². The second-order valence-corrected chi connectivity index (χ2v) is 7.66. The van der Waals surface area contributed by atoms with E-state index in [9.17, 15) is 13.7 Å². The first-order valence-corrected chi connectivity index (χ1v) is 8.98. The molecule has 21 heavy (non-hydrogen) atoms. The lowest BCUT2D eigenvalue weighted by Crippen LogP contribution is -2.13. The maximum atomic E-state index is 12.2. The second kappa shape index (κ2) is 5.50. The summed E-state index contributed by atoms with van der Waals surface area (Å²) in [7, 11) is -3.72. The van der Waals surface area contributed by atoms with Crippen LogP contribution in [0.25, 0.3) is 0 Å². The Morgan fingerprint density at radius 1 is 1.33 bits per heavy atom. The van der Waals surface area contributed by atoms with Crippen molar-refractivity contribution in [3.05, 3.63) is 28.3 Å². The molecular weight excluding hydrogens is 308 g/mol. The van der Waals surface area contributed by atoms with Crippen LogP contribution >= 0.6 is 11.3 Å². The molecule has 0 bridgehead atoms. The van der Waals surface area contributed by atoms with Gasteiger partial charge in [-0.3, -0.25) is 9.82 Å². The Hall–Kier alpha value is -1.85. The molecule has 0 unspecified atom stereocenters. The molecule has 0 saturated carbocycles. The zero-order valence-corrected chi connectivity index (χ0v) is 12.9. The van der Waals surface area contributed by atoms with Gasteiger partial charge in [0.05, 0.1) is 11.8 Å². The highest BCUT2D eigenvalue weighted by Gasteiger charge is 2.24. The Morgan fingerprint density at radius 3 is 2.86 bits per heavy atom. The summed E-state index contributed by atoms with van der Waals surface area (Å²) in [6.45, 7) is 0. The van der Waals surface area contributed by atoms with E-state index >= 15 is 0 Å². The Balaban J connectivity index is 1.99. The molecule has 2 aromatic heterocycles. The van der Waals surface area contributed by atoms with E-state index in [4.69, 9.17) is 0 Å². The summed E-state index contributed by atoms with van der Waals surface area (Å²) < 4.78 is 27.0. The molecule has 8 heteroatoms. The first-order valence-electron chi connectivity index (χ1n) is 6.68. The molecule has 0 aliphatic heterocycles. The molecule has 110 valence electrons. The quantitative estimate of drug-likeness (QED) is 0.848. The molecule has 2 N–H and O–H groups in total. The highest BCUT2D eigenvalue weighted by atomic mass is 32.2. The van der Waals surface area contributed by atoms with Crippen LogP contribution in [0, 0.1) is 11.3 Å². The van der Waals surface area contributed by atoms with Crippen LogP contribution in [0.15, 0.2) is 17.3 Å². The summed E-state index contributed by atoms with van der Waals surface area (Å²) in [4.78, 5) is 1.13. The third kappa shape index (κ3) is 2.66. The number of aromatic amines is 1. The molecule has 2 aromatic rings. The van der Waals surface area contributed by atoms with Gasteiger partial charge in [-0.25, -0.2) is 0 Å². The monoisotopic (exact) mass is 322 g/mol. The van der Waals surface area contributed by atoms with Crippen molar-refractivity contribution < 1.29 is 8.42 Å². The fourth-order valence-electron chi connectivity index (χ4n) is 2.50. The minimum Gasteiger partial charge on any atom is -0.268 e. The van der Waals surface area contributed by atoms with Crippen LogP contribution in [0.2, 0.25) is 0 Å². The molecule has 1 aliphatic carbocycles. The van der Waals surface area contributed by atoms with Crippen LogP contribution in [0.4, 0.5) is 5.00 Å². The zero-order chi connectivity index (χ0) is 14.9. The lowest BCUT2D eigenvalue weighted by atomic mass is 10.1. The van der Waals surface area contributed by atoms with Crippen molar-refractivity contribution in [3.63, 3.8) is 0 Å². The average molecular weight is 322 g/mol. The number of thiophene rings is 1. The van der Waals surface area contributed by atoms with Gasteiger partial charge >= 0.3 is 0 Å². The van der Waals surface area contributed by atoms with E-state index in [2.05, 4.69) is 21.0 Å². The number of sulfonamides is 1. The van der Waals surface area contributed by atoms with Crippen LogP contribution in [-0.2, 0) is 22.9 Å². The largest absolute Gasteiger partial charge is 0.279 e. The molecule has 0 atom stereocenters. The molecule has 2 heterocycles. The van der Waals surface area contributed by atoms with Crippen molar-refractivity contribution >= 4 is 26.4 Å². The predicted octanol–water partition coefficient (Wildman–Crippen LogP) is 2.41. The molecule has 0 fully saturated rings. The van der Waals surface area contributed by atoms with Gasteiger partial charge in [-0.05, 0) is 37.3 Å². The zero-order valence-electron chi connectivity index (χ0n) is 11.2. The number of aromatic nitrogens is 2. The highest BCUT2D eigenvalue weighted by Crippen LogP contribution is 2.37. The summed E-state index contributed by atoms with van der Waals surface area (Å²) in [5.41, 5.74) is 1.49. The van der Waals surface area contributed by atoms with Crippen LogP contribution in [0.3, 0.4) is 0 Å². The normalized spacial score (nSPS) is 15.0. The molecular formula is C13H14N4O2S2. The van der Waals surface area contributed by atoms with Crippen LogP contribution < -0.4 is 4.72 Å². The second-order valence-electron chi connectivity index (χ2n) is 4.91. The van der Waals surface area contributed by atoms with Gasteiger partial charge in [-0.1, -0.05) is 6.42 Å². The van der Waals surface area contributed by atoms with Crippen molar-refractivity contribution in [1.82, 2.24) is 10.2 Å². The molecule has 1 aliphatic rings. The number of aryl methyl sites for hydroxylation is 1. The van der Waals surface area contributed by atoms with Gasteiger partial charge in [-0.15, -0.1) is 11.3 Å². The molecule has 0 saturated heterocycles. The van der Waals surface area contributed by atoms with Gasteiger partial charge < -0.3 is 0 Å². The smallest absolute Gasteiger partial charge is 0.268 e. The van der Waals surface area contributed by atoms with E-state index in [1.165, 1.54) is 23.6 Å². The topological polar surface area (TPSA) is 98.6 Å². The number of hydrogen-bond acceptors (Lipinski definition) is 5. The Bertz CT molecular complexity index is 785. The van der Waals surface area contributed by atoms with E-state index < -0.39 is 10.0 Å². The highest BCUT2D eigenvalue weighted by molar-refractivity contribution is 7.92. The Kier molecular flexibility index (Phi) is 3.69. The summed E-state index contributed by atoms with van der Waals surface area (Å²) in [6, 6.07) is 3.54.